The zero-order valence-electron chi connectivity index (χ0n) is 24.0. The molecule has 40 heavy (non-hydrogen) atoms. The standard InChI is InChI=1S/C29H36FN7O3/c1-17(2)24-16-35(10-11-37(24)28(39)40-29(4,5)6)23-9-8-20(25-21(23)15-34(7)33-25)27(38)32-19-12-22(30)26-31-18(3)13-36(26)14-19/h8-9,12-15,17,24H,10-11,16H2,1-7H3,(H,32,38)/t24-/m1/s1. The quantitative estimate of drug-likeness (QED) is 0.385. The summed E-state index contributed by atoms with van der Waals surface area (Å²) in [6.45, 7) is 13.3. The minimum absolute atomic E-state index is 0.0464. The first-order chi connectivity index (χ1) is 18.8. The Hall–Kier alpha value is -4.15. The third kappa shape index (κ3) is 5.32. The van der Waals surface area contributed by atoms with Crippen LogP contribution < -0.4 is 10.2 Å². The number of carbonyl (C=O) groups excluding carboxylic acids is 2. The third-order valence-electron chi connectivity index (χ3n) is 7.05. The van der Waals surface area contributed by atoms with E-state index in [9.17, 15) is 14.0 Å². The second kappa shape index (κ2) is 10.1. The zero-order valence-corrected chi connectivity index (χ0v) is 24.0. The molecule has 1 atom stereocenters. The molecule has 10 nitrogen and oxygen atoms in total. The van der Waals surface area contributed by atoms with Crippen molar-refractivity contribution < 1.29 is 18.7 Å². The van der Waals surface area contributed by atoms with Crippen molar-refractivity contribution in [3.63, 3.8) is 0 Å². The Kier molecular flexibility index (Phi) is 6.93. The number of pyridine rings is 1. The zero-order chi connectivity index (χ0) is 28.9. The van der Waals surface area contributed by atoms with Gasteiger partial charge in [-0.2, -0.15) is 5.10 Å². The van der Waals surface area contributed by atoms with Gasteiger partial charge in [-0.3, -0.25) is 9.48 Å². The highest BCUT2D eigenvalue weighted by molar-refractivity contribution is 6.13. The van der Waals surface area contributed by atoms with Crippen molar-refractivity contribution in [2.75, 3.05) is 29.9 Å². The van der Waals surface area contributed by atoms with Crippen molar-refractivity contribution in [2.24, 2.45) is 13.0 Å². The van der Waals surface area contributed by atoms with E-state index in [2.05, 4.69) is 34.1 Å². The number of ether oxygens (including phenoxy) is 1. The number of benzene rings is 1. The summed E-state index contributed by atoms with van der Waals surface area (Å²) in [4.78, 5) is 34.5. The molecule has 4 heterocycles. The van der Waals surface area contributed by atoms with Crippen LogP contribution >= 0.6 is 0 Å². The molecule has 1 aliphatic heterocycles. The first-order valence-electron chi connectivity index (χ1n) is 13.5. The number of amides is 2. The minimum atomic E-state index is -0.566. The summed E-state index contributed by atoms with van der Waals surface area (Å²) in [5.41, 5.74) is 2.51. The summed E-state index contributed by atoms with van der Waals surface area (Å²) in [6, 6.07) is 4.89. The minimum Gasteiger partial charge on any atom is -0.444 e. The molecule has 0 aliphatic carbocycles. The van der Waals surface area contributed by atoms with Crippen molar-refractivity contribution in [1.29, 1.82) is 0 Å². The van der Waals surface area contributed by atoms with E-state index >= 15 is 0 Å². The van der Waals surface area contributed by atoms with E-state index in [0.29, 0.717) is 42.1 Å². The maximum atomic E-state index is 14.6. The number of nitrogens with one attached hydrogen (secondary N) is 1. The van der Waals surface area contributed by atoms with Gasteiger partial charge < -0.3 is 24.3 Å². The van der Waals surface area contributed by atoms with E-state index in [0.717, 1.165) is 11.1 Å². The predicted molar refractivity (Wildman–Crippen MR) is 152 cm³/mol. The van der Waals surface area contributed by atoms with E-state index in [1.54, 1.807) is 34.5 Å². The number of aromatic nitrogens is 4. The number of carbonyl (C=O) groups is 2. The number of rotatable bonds is 4. The first-order valence-corrected chi connectivity index (χ1v) is 13.5. The van der Waals surface area contributed by atoms with Gasteiger partial charge in [-0.05, 0) is 45.7 Å². The average Bonchev–Trinajstić information content (AvgIpc) is 3.43. The number of fused-ring (bicyclic) bond motifs is 2. The highest BCUT2D eigenvalue weighted by atomic mass is 19.1. The van der Waals surface area contributed by atoms with Crippen LogP contribution in [0.3, 0.4) is 0 Å². The lowest BCUT2D eigenvalue weighted by molar-refractivity contribution is 0.00884. The Labute approximate surface area is 232 Å². The van der Waals surface area contributed by atoms with E-state index < -0.39 is 11.4 Å². The van der Waals surface area contributed by atoms with Gasteiger partial charge in [-0.25, -0.2) is 14.2 Å². The van der Waals surface area contributed by atoms with E-state index in [1.165, 1.54) is 6.07 Å². The summed E-state index contributed by atoms with van der Waals surface area (Å²) in [7, 11) is 1.81. The molecular weight excluding hydrogens is 513 g/mol. The van der Waals surface area contributed by atoms with Crippen LogP contribution in [0.2, 0.25) is 0 Å². The fourth-order valence-electron chi connectivity index (χ4n) is 5.26. The van der Waals surface area contributed by atoms with E-state index in [4.69, 9.17) is 4.74 Å². The molecule has 1 saturated heterocycles. The number of piperazine rings is 1. The molecule has 11 heteroatoms. The monoisotopic (exact) mass is 549 g/mol. The van der Waals surface area contributed by atoms with Crippen molar-refractivity contribution in [3.05, 3.63) is 53.9 Å². The Morgan fingerprint density at radius 2 is 1.90 bits per heavy atom. The molecule has 212 valence electrons. The number of aryl methyl sites for hydroxylation is 2. The van der Waals surface area contributed by atoms with Gasteiger partial charge in [0.1, 0.15) is 11.1 Å². The predicted octanol–water partition coefficient (Wildman–Crippen LogP) is 5.00. The molecule has 0 radical (unpaired) electrons. The van der Waals surface area contributed by atoms with E-state index in [-0.39, 0.29) is 29.6 Å². The number of halogens is 1. The highest BCUT2D eigenvalue weighted by Crippen LogP contribution is 2.32. The van der Waals surface area contributed by atoms with Crippen LogP contribution in [0.1, 0.15) is 50.7 Å². The van der Waals surface area contributed by atoms with Gasteiger partial charge in [0.25, 0.3) is 5.91 Å². The van der Waals surface area contributed by atoms with Gasteiger partial charge in [0.2, 0.25) is 0 Å². The van der Waals surface area contributed by atoms with Crippen LogP contribution in [0.5, 0.6) is 0 Å². The molecule has 1 aliphatic rings. The molecule has 4 aromatic rings. The maximum Gasteiger partial charge on any atom is 0.410 e. The summed E-state index contributed by atoms with van der Waals surface area (Å²) >= 11 is 0. The SMILES string of the molecule is Cc1cn2cc(NC(=O)c3ccc(N4CCN(C(=O)OC(C)(C)C)[C@@H](C(C)C)C4)c4cn(C)nc34)cc(F)c2n1. The largest absolute Gasteiger partial charge is 0.444 e. The molecular formula is C29H36FN7O3. The topological polar surface area (TPSA) is 97.0 Å². The molecule has 0 bridgehead atoms. The molecule has 1 aromatic carbocycles. The Bertz CT molecular complexity index is 1600. The van der Waals surface area contributed by atoms with Gasteiger partial charge >= 0.3 is 6.09 Å². The Balaban J connectivity index is 1.42. The lowest BCUT2D eigenvalue weighted by Gasteiger charge is -2.44. The van der Waals surface area contributed by atoms with Gasteiger partial charge in [-0.1, -0.05) is 13.8 Å². The molecule has 0 unspecified atom stereocenters. The van der Waals surface area contributed by atoms with Gasteiger partial charge in [0, 0.05) is 62.4 Å². The van der Waals surface area contributed by atoms with Crippen molar-refractivity contribution in [2.45, 2.75) is 53.2 Å². The molecule has 2 amide bonds. The molecule has 1 fully saturated rings. The van der Waals surface area contributed by atoms with Crippen molar-refractivity contribution >= 4 is 39.9 Å². The molecule has 0 spiro atoms. The Morgan fingerprint density at radius 1 is 1.15 bits per heavy atom. The number of imidazole rings is 1. The van der Waals surface area contributed by atoms with Crippen LogP contribution in [0.15, 0.2) is 36.8 Å². The molecule has 1 N–H and O–H groups in total. The maximum absolute atomic E-state index is 14.6. The lowest BCUT2D eigenvalue weighted by atomic mass is 9.98. The van der Waals surface area contributed by atoms with Crippen molar-refractivity contribution in [3.8, 4) is 0 Å². The van der Waals surface area contributed by atoms with Gasteiger partial charge in [-0.15, -0.1) is 0 Å². The summed E-state index contributed by atoms with van der Waals surface area (Å²) in [5, 5.41) is 8.24. The van der Waals surface area contributed by atoms with Crippen LogP contribution in [-0.4, -0.2) is 67.3 Å². The summed E-state index contributed by atoms with van der Waals surface area (Å²) in [5.74, 6) is -0.697. The molecule has 0 saturated carbocycles. The second-order valence-electron chi connectivity index (χ2n) is 11.8. The number of nitrogens with zero attached hydrogens (tertiary/aromatic N) is 6. The van der Waals surface area contributed by atoms with Gasteiger partial charge in [0.05, 0.1) is 23.0 Å². The van der Waals surface area contributed by atoms with Crippen molar-refractivity contribution in [1.82, 2.24) is 24.1 Å². The number of hydrogen-bond acceptors (Lipinski definition) is 6. The highest BCUT2D eigenvalue weighted by Gasteiger charge is 2.35. The van der Waals surface area contributed by atoms with E-state index in [1.807, 2.05) is 45.0 Å². The third-order valence-corrected chi connectivity index (χ3v) is 7.05. The normalized spacial score (nSPS) is 16.3. The van der Waals surface area contributed by atoms with Crippen LogP contribution in [0.25, 0.3) is 16.6 Å². The Morgan fingerprint density at radius 3 is 2.60 bits per heavy atom. The number of anilines is 2. The smallest absolute Gasteiger partial charge is 0.410 e. The first kappa shape index (κ1) is 27.4. The lowest BCUT2D eigenvalue weighted by Crippen LogP contribution is -2.58. The molecule has 5 rings (SSSR count). The van der Waals surface area contributed by atoms with Gasteiger partial charge in [0.15, 0.2) is 11.5 Å². The van der Waals surface area contributed by atoms with Crippen LogP contribution in [0.4, 0.5) is 20.6 Å². The summed E-state index contributed by atoms with van der Waals surface area (Å²) < 4.78 is 23.5. The second-order valence-corrected chi connectivity index (χ2v) is 11.8. The number of hydrogen-bond donors (Lipinski definition) is 1. The fraction of sp³-hybridized carbons (Fsp3) is 0.448. The van der Waals surface area contributed by atoms with Crippen LogP contribution in [-0.2, 0) is 11.8 Å². The summed E-state index contributed by atoms with van der Waals surface area (Å²) in [6.07, 6.45) is 4.93. The fourth-order valence-corrected chi connectivity index (χ4v) is 5.26. The van der Waals surface area contributed by atoms with Crippen LogP contribution in [0, 0.1) is 18.7 Å². The molecule has 3 aromatic heterocycles. The average molecular weight is 550 g/mol.